The topological polar surface area (TPSA) is 80.8 Å². The summed E-state index contributed by atoms with van der Waals surface area (Å²) in [7, 11) is -2.28. The van der Waals surface area contributed by atoms with Gasteiger partial charge in [-0.1, -0.05) is 0 Å². The number of hydrogen-bond acceptors (Lipinski definition) is 5. The van der Waals surface area contributed by atoms with Crippen LogP contribution in [0.5, 0.6) is 0 Å². The molecule has 7 heteroatoms. The van der Waals surface area contributed by atoms with Gasteiger partial charge in [0, 0.05) is 12.8 Å². The van der Waals surface area contributed by atoms with Crippen molar-refractivity contribution in [1.29, 1.82) is 0 Å². The Kier molecular flexibility index (Phi) is 4.05. The maximum atomic E-state index is 12.3. The summed E-state index contributed by atoms with van der Waals surface area (Å²) in [4.78, 5) is 25.1. The summed E-state index contributed by atoms with van der Waals surface area (Å²) in [6, 6.07) is -0.663. The highest BCUT2D eigenvalue weighted by Crippen LogP contribution is 2.26. The van der Waals surface area contributed by atoms with Gasteiger partial charge in [-0.2, -0.15) is 0 Å². The first-order chi connectivity index (χ1) is 8.13. The van der Waals surface area contributed by atoms with E-state index in [2.05, 4.69) is 4.74 Å². The van der Waals surface area contributed by atoms with E-state index in [0.717, 1.165) is 6.26 Å². The van der Waals surface area contributed by atoms with Gasteiger partial charge < -0.3 is 9.64 Å². The number of rotatable bonds is 3. The Balaban J connectivity index is 3.01. The van der Waals surface area contributed by atoms with Gasteiger partial charge in [-0.05, 0) is 26.7 Å². The molecular weight excluding hydrogens is 258 g/mol. The Bertz CT molecular complexity index is 454. The highest BCUT2D eigenvalue weighted by Gasteiger charge is 2.46. The summed E-state index contributed by atoms with van der Waals surface area (Å²) in [6.45, 7) is 3.10. The largest absolute Gasteiger partial charge is 0.467 e. The fraction of sp³-hybridized carbons (Fsp3) is 0.818. The van der Waals surface area contributed by atoms with Crippen LogP contribution in [0.25, 0.3) is 0 Å². The lowest BCUT2D eigenvalue weighted by Gasteiger charge is -2.30. The van der Waals surface area contributed by atoms with E-state index in [9.17, 15) is 18.0 Å². The van der Waals surface area contributed by atoms with Crippen molar-refractivity contribution >= 4 is 21.7 Å². The number of amides is 1. The lowest BCUT2D eigenvalue weighted by Crippen LogP contribution is -2.53. The van der Waals surface area contributed by atoms with E-state index >= 15 is 0 Å². The molecule has 1 rings (SSSR count). The number of esters is 1. The van der Waals surface area contributed by atoms with Gasteiger partial charge in [0.1, 0.15) is 10.8 Å². The molecule has 1 aliphatic heterocycles. The first-order valence-electron chi connectivity index (χ1n) is 5.71. The Hall–Kier alpha value is -1.11. The smallest absolute Gasteiger partial charge is 0.328 e. The Morgan fingerprint density at radius 1 is 1.33 bits per heavy atom. The molecule has 1 atom stereocenters. The quantitative estimate of drug-likeness (QED) is 0.677. The molecule has 1 amide bonds. The van der Waals surface area contributed by atoms with Gasteiger partial charge in [0.05, 0.1) is 7.11 Å². The minimum atomic E-state index is -3.54. The van der Waals surface area contributed by atoms with E-state index in [1.54, 1.807) is 0 Å². The minimum Gasteiger partial charge on any atom is -0.467 e. The molecule has 1 fully saturated rings. The molecule has 0 aromatic heterocycles. The molecule has 6 nitrogen and oxygen atoms in total. The third-order valence-corrected chi connectivity index (χ3v) is 5.46. The normalized spacial score (nSPS) is 20.9. The average molecular weight is 277 g/mol. The first kappa shape index (κ1) is 14.9. The first-order valence-corrected chi connectivity index (χ1v) is 7.60. The second-order valence-corrected chi connectivity index (χ2v) is 7.53. The standard InChI is InChI=1S/C11H19NO5S/c1-11(2,18(4,15)16)10(14)12-7-5-6-8(12)9(13)17-3/h8H,5-7H2,1-4H3. The van der Waals surface area contributed by atoms with Crippen LogP contribution in [-0.4, -0.2) is 55.9 Å². The van der Waals surface area contributed by atoms with Crippen molar-refractivity contribution in [2.75, 3.05) is 19.9 Å². The highest BCUT2D eigenvalue weighted by atomic mass is 32.2. The van der Waals surface area contributed by atoms with Gasteiger partial charge in [0.25, 0.3) is 0 Å². The summed E-state index contributed by atoms with van der Waals surface area (Å²) < 4.78 is 26.4. The number of likely N-dealkylation sites (tertiary alicyclic amines) is 1. The number of carbonyl (C=O) groups is 2. The van der Waals surface area contributed by atoms with E-state index in [4.69, 9.17) is 0 Å². The molecule has 0 spiro atoms. The number of sulfone groups is 1. The van der Waals surface area contributed by atoms with Gasteiger partial charge in [0.15, 0.2) is 9.84 Å². The van der Waals surface area contributed by atoms with Crippen LogP contribution in [0.3, 0.4) is 0 Å². The van der Waals surface area contributed by atoms with Crippen LogP contribution >= 0.6 is 0 Å². The maximum Gasteiger partial charge on any atom is 0.328 e. The van der Waals surface area contributed by atoms with E-state index in [-0.39, 0.29) is 0 Å². The maximum absolute atomic E-state index is 12.3. The second-order valence-electron chi connectivity index (χ2n) is 4.96. The SMILES string of the molecule is COC(=O)C1CCCN1C(=O)C(C)(C)S(C)(=O)=O. The molecule has 0 N–H and O–H groups in total. The molecule has 0 radical (unpaired) electrons. The molecule has 0 bridgehead atoms. The monoisotopic (exact) mass is 277 g/mol. The summed E-state index contributed by atoms with van der Waals surface area (Å²) >= 11 is 0. The predicted octanol–water partition coefficient (Wildman–Crippen LogP) is -0.0264. The summed E-state index contributed by atoms with van der Waals surface area (Å²) in [5, 5.41) is 0. The van der Waals surface area contributed by atoms with Crippen LogP contribution in [0.2, 0.25) is 0 Å². The highest BCUT2D eigenvalue weighted by molar-refractivity contribution is 7.92. The van der Waals surface area contributed by atoms with E-state index in [0.29, 0.717) is 19.4 Å². The molecular formula is C11H19NO5S. The lowest BCUT2D eigenvalue weighted by molar-refractivity contribution is -0.151. The van der Waals surface area contributed by atoms with Gasteiger partial charge >= 0.3 is 5.97 Å². The zero-order valence-electron chi connectivity index (χ0n) is 11.1. The molecule has 1 heterocycles. The lowest BCUT2D eigenvalue weighted by atomic mass is 10.1. The van der Waals surface area contributed by atoms with E-state index < -0.39 is 32.5 Å². The van der Waals surface area contributed by atoms with Gasteiger partial charge in [0.2, 0.25) is 5.91 Å². The van der Waals surface area contributed by atoms with Crippen LogP contribution < -0.4 is 0 Å². The van der Waals surface area contributed by atoms with Gasteiger partial charge in [-0.3, -0.25) is 4.79 Å². The number of methoxy groups -OCH3 is 1. The summed E-state index contributed by atoms with van der Waals surface area (Å²) in [6.07, 6.45) is 2.21. The predicted molar refractivity (Wildman–Crippen MR) is 65.7 cm³/mol. The molecule has 104 valence electrons. The fourth-order valence-corrected chi connectivity index (χ4v) is 2.33. The fourth-order valence-electron chi connectivity index (χ4n) is 1.90. The second kappa shape index (κ2) is 4.87. The minimum absolute atomic E-state index is 0.386. The number of nitrogens with zero attached hydrogens (tertiary/aromatic N) is 1. The zero-order chi connectivity index (χ0) is 14.1. The van der Waals surface area contributed by atoms with Crippen molar-refractivity contribution in [3.05, 3.63) is 0 Å². The molecule has 0 aromatic carbocycles. The number of ether oxygens (including phenoxy) is 1. The van der Waals surface area contributed by atoms with Crippen molar-refractivity contribution in [2.24, 2.45) is 0 Å². The molecule has 1 aliphatic rings. The van der Waals surface area contributed by atoms with E-state index in [1.807, 2.05) is 0 Å². The van der Waals surface area contributed by atoms with Crippen molar-refractivity contribution in [2.45, 2.75) is 37.5 Å². The third kappa shape index (κ3) is 2.50. The van der Waals surface area contributed by atoms with Gasteiger partial charge in [-0.15, -0.1) is 0 Å². The van der Waals surface area contributed by atoms with Crippen LogP contribution in [0.4, 0.5) is 0 Å². The number of hydrogen-bond donors (Lipinski definition) is 0. The third-order valence-electron chi connectivity index (χ3n) is 3.43. The number of carbonyl (C=O) groups excluding carboxylic acids is 2. The van der Waals surface area contributed by atoms with Crippen molar-refractivity contribution in [3.8, 4) is 0 Å². The Labute approximate surface area is 107 Å². The van der Waals surface area contributed by atoms with Crippen molar-refractivity contribution in [3.63, 3.8) is 0 Å². The Morgan fingerprint density at radius 2 is 1.89 bits per heavy atom. The molecule has 0 saturated carbocycles. The summed E-state index contributed by atoms with van der Waals surface area (Å²) in [5.74, 6) is -1.04. The van der Waals surface area contributed by atoms with E-state index in [1.165, 1.54) is 25.9 Å². The van der Waals surface area contributed by atoms with Gasteiger partial charge in [-0.25, -0.2) is 13.2 Å². The average Bonchev–Trinajstić information content (AvgIpc) is 2.73. The summed E-state index contributed by atoms with van der Waals surface area (Å²) in [5.41, 5.74) is 0. The molecule has 18 heavy (non-hydrogen) atoms. The van der Waals surface area contributed by atoms with Crippen LogP contribution in [0.1, 0.15) is 26.7 Å². The zero-order valence-corrected chi connectivity index (χ0v) is 11.9. The molecule has 0 aliphatic carbocycles. The van der Waals surface area contributed by atoms with Crippen LogP contribution in [-0.2, 0) is 24.2 Å². The van der Waals surface area contributed by atoms with Crippen molar-refractivity contribution in [1.82, 2.24) is 4.90 Å². The van der Waals surface area contributed by atoms with Crippen LogP contribution in [0, 0.1) is 0 Å². The molecule has 1 unspecified atom stereocenters. The Morgan fingerprint density at radius 3 is 2.33 bits per heavy atom. The molecule has 0 aromatic rings. The van der Waals surface area contributed by atoms with Crippen LogP contribution in [0.15, 0.2) is 0 Å². The molecule has 1 saturated heterocycles. The van der Waals surface area contributed by atoms with Crippen molar-refractivity contribution < 1.29 is 22.7 Å².